The molecule has 25 heavy (non-hydrogen) atoms. The fourth-order valence-corrected chi connectivity index (χ4v) is 2.11. The van der Waals surface area contributed by atoms with Crippen LogP contribution in [-0.4, -0.2) is 42.4 Å². The fourth-order valence-electron chi connectivity index (χ4n) is 2.11. The van der Waals surface area contributed by atoms with Crippen molar-refractivity contribution < 1.29 is 9.42 Å². The third-order valence-electron chi connectivity index (χ3n) is 3.25. The van der Waals surface area contributed by atoms with Crippen molar-refractivity contribution in [2.45, 2.75) is 19.8 Å². The molecule has 128 valence electrons. The SMILES string of the molecule is CCCc1c(C(=O)N/N=C\c2ccncc2)nnn1-c1nonc1N. The van der Waals surface area contributed by atoms with E-state index in [1.54, 1.807) is 24.5 Å². The van der Waals surface area contributed by atoms with E-state index in [0.717, 1.165) is 12.0 Å². The van der Waals surface area contributed by atoms with Gasteiger partial charge in [0, 0.05) is 12.4 Å². The molecular weight excluding hydrogens is 326 g/mol. The highest BCUT2D eigenvalue weighted by atomic mass is 16.6. The predicted molar refractivity (Wildman–Crippen MR) is 86.9 cm³/mol. The molecule has 3 aromatic heterocycles. The third-order valence-corrected chi connectivity index (χ3v) is 3.25. The zero-order valence-corrected chi connectivity index (χ0v) is 13.3. The van der Waals surface area contributed by atoms with Crippen LogP contribution in [0.4, 0.5) is 5.82 Å². The molecule has 0 saturated carbocycles. The maximum Gasteiger partial charge on any atom is 0.293 e. The van der Waals surface area contributed by atoms with Crippen LogP contribution < -0.4 is 11.2 Å². The summed E-state index contributed by atoms with van der Waals surface area (Å²) in [6.45, 7) is 1.96. The van der Waals surface area contributed by atoms with Crippen LogP contribution in [-0.2, 0) is 6.42 Å². The number of nitrogen functional groups attached to an aromatic ring is 1. The molecule has 0 aromatic carbocycles. The van der Waals surface area contributed by atoms with Gasteiger partial charge in [-0.15, -0.1) is 5.10 Å². The minimum atomic E-state index is -0.491. The second kappa shape index (κ2) is 7.29. The first-order valence-electron chi connectivity index (χ1n) is 7.47. The number of hydrogen-bond donors (Lipinski definition) is 2. The summed E-state index contributed by atoms with van der Waals surface area (Å²) < 4.78 is 5.92. The van der Waals surface area contributed by atoms with Crippen molar-refractivity contribution in [3.63, 3.8) is 0 Å². The van der Waals surface area contributed by atoms with Crippen LogP contribution in [0.1, 0.15) is 35.1 Å². The molecule has 0 aliphatic rings. The normalized spacial score (nSPS) is 11.1. The number of anilines is 1. The minimum Gasteiger partial charge on any atom is -0.378 e. The molecule has 0 aliphatic carbocycles. The number of hydrogen-bond acceptors (Lipinski definition) is 9. The van der Waals surface area contributed by atoms with Gasteiger partial charge in [0.25, 0.3) is 5.91 Å². The first kappa shape index (κ1) is 16.2. The third kappa shape index (κ3) is 3.49. The van der Waals surface area contributed by atoms with Crippen molar-refractivity contribution in [3.8, 4) is 5.82 Å². The topological polar surface area (TPSA) is 150 Å². The molecule has 0 bridgehead atoms. The number of amides is 1. The van der Waals surface area contributed by atoms with E-state index < -0.39 is 5.91 Å². The highest BCUT2D eigenvalue weighted by molar-refractivity contribution is 5.94. The van der Waals surface area contributed by atoms with Crippen LogP contribution in [0.3, 0.4) is 0 Å². The summed E-state index contributed by atoms with van der Waals surface area (Å²) in [7, 11) is 0. The second-order valence-corrected chi connectivity index (χ2v) is 5.00. The second-order valence-electron chi connectivity index (χ2n) is 5.00. The quantitative estimate of drug-likeness (QED) is 0.481. The molecule has 11 nitrogen and oxygen atoms in total. The molecule has 3 rings (SSSR count). The van der Waals surface area contributed by atoms with Crippen LogP contribution in [0.15, 0.2) is 34.3 Å². The van der Waals surface area contributed by atoms with Gasteiger partial charge >= 0.3 is 0 Å². The number of nitrogens with zero attached hydrogens (tertiary/aromatic N) is 7. The lowest BCUT2D eigenvalue weighted by molar-refractivity contribution is 0.0949. The van der Waals surface area contributed by atoms with E-state index in [2.05, 4.69) is 40.8 Å². The Hall–Kier alpha value is -3.63. The Morgan fingerprint density at radius 3 is 2.88 bits per heavy atom. The Balaban J connectivity index is 1.82. The lowest BCUT2D eigenvalue weighted by atomic mass is 10.2. The molecule has 0 saturated heterocycles. The van der Waals surface area contributed by atoms with Crippen LogP contribution in [0.25, 0.3) is 5.82 Å². The van der Waals surface area contributed by atoms with Crippen molar-refractivity contribution >= 4 is 17.9 Å². The smallest absolute Gasteiger partial charge is 0.293 e. The van der Waals surface area contributed by atoms with Crippen LogP contribution >= 0.6 is 0 Å². The van der Waals surface area contributed by atoms with Crippen molar-refractivity contribution in [2.75, 3.05) is 5.73 Å². The molecule has 11 heteroatoms. The Morgan fingerprint density at radius 1 is 1.40 bits per heavy atom. The first-order valence-corrected chi connectivity index (χ1v) is 7.47. The molecule has 0 unspecified atom stereocenters. The lowest BCUT2D eigenvalue weighted by Crippen LogP contribution is -2.20. The van der Waals surface area contributed by atoms with Gasteiger partial charge in [0.15, 0.2) is 5.69 Å². The summed E-state index contributed by atoms with van der Waals surface area (Å²) in [5.74, 6) is -0.241. The molecule has 1 amide bonds. The number of nitrogens with two attached hydrogens (primary N) is 1. The van der Waals surface area contributed by atoms with Crippen molar-refractivity contribution in [1.82, 2.24) is 35.7 Å². The molecule has 3 N–H and O–H groups in total. The number of pyridine rings is 1. The number of carbonyl (C=O) groups is 1. The van der Waals surface area contributed by atoms with Crippen molar-refractivity contribution in [1.29, 1.82) is 0 Å². The largest absolute Gasteiger partial charge is 0.378 e. The summed E-state index contributed by atoms with van der Waals surface area (Å²) in [5.41, 5.74) is 9.58. The van der Waals surface area contributed by atoms with E-state index in [-0.39, 0.29) is 17.3 Å². The number of rotatable bonds is 6. The van der Waals surface area contributed by atoms with E-state index >= 15 is 0 Å². The highest BCUT2D eigenvalue weighted by Crippen LogP contribution is 2.17. The number of aromatic nitrogens is 6. The molecule has 0 spiro atoms. The summed E-state index contributed by atoms with van der Waals surface area (Å²) in [6, 6.07) is 3.52. The summed E-state index contributed by atoms with van der Waals surface area (Å²) >= 11 is 0. The van der Waals surface area contributed by atoms with E-state index in [9.17, 15) is 4.79 Å². The van der Waals surface area contributed by atoms with Gasteiger partial charge in [-0.05, 0) is 34.4 Å². The van der Waals surface area contributed by atoms with Crippen LogP contribution in [0, 0.1) is 0 Å². The van der Waals surface area contributed by atoms with Gasteiger partial charge in [-0.25, -0.2) is 10.1 Å². The first-order chi connectivity index (χ1) is 12.2. The Morgan fingerprint density at radius 2 is 2.20 bits per heavy atom. The molecule has 3 aromatic rings. The molecule has 0 atom stereocenters. The maximum absolute atomic E-state index is 12.4. The lowest BCUT2D eigenvalue weighted by Gasteiger charge is -2.03. The molecule has 0 aliphatic heterocycles. The Bertz CT molecular complexity index is 885. The van der Waals surface area contributed by atoms with Gasteiger partial charge in [-0.3, -0.25) is 9.78 Å². The minimum absolute atomic E-state index is 0.0601. The maximum atomic E-state index is 12.4. The van der Waals surface area contributed by atoms with Gasteiger partial charge < -0.3 is 5.73 Å². The highest BCUT2D eigenvalue weighted by Gasteiger charge is 2.23. The zero-order chi connectivity index (χ0) is 17.6. The fraction of sp³-hybridized carbons (Fsp3) is 0.214. The summed E-state index contributed by atoms with van der Waals surface area (Å²) in [6.07, 6.45) is 6.06. The van der Waals surface area contributed by atoms with Gasteiger partial charge in [-0.1, -0.05) is 18.6 Å². The van der Waals surface area contributed by atoms with E-state index in [1.807, 2.05) is 6.92 Å². The Kier molecular flexibility index (Phi) is 4.74. The van der Waals surface area contributed by atoms with Gasteiger partial charge in [-0.2, -0.15) is 9.78 Å². The Labute approximate surface area is 141 Å². The van der Waals surface area contributed by atoms with Crippen LogP contribution in [0.5, 0.6) is 0 Å². The average molecular weight is 341 g/mol. The molecule has 0 fully saturated rings. The van der Waals surface area contributed by atoms with E-state index in [1.165, 1.54) is 10.9 Å². The number of nitrogens with one attached hydrogen (secondary N) is 1. The zero-order valence-electron chi connectivity index (χ0n) is 13.3. The van der Waals surface area contributed by atoms with Crippen LogP contribution in [0.2, 0.25) is 0 Å². The van der Waals surface area contributed by atoms with E-state index in [0.29, 0.717) is 12.1 Å². The molecule has 0 radical (unpaired) electrons. The number of carbonyl (C=O) groups excluding carboxylic acids is 1. The average Bonchev–Trinajstić information content (AvgIpc) is 3.22. The van der Waals surface area contributed by atoms with Crippen molar-refractivity contribution in [2.24, 2.45) is 5.10 Å². The molecule has 3 heterocycles. The predicted octanol–water partition coefficient (Wildman–Crippen LogP) is 0.344. The summed E-state index contributed by atoms with van der Waals surface area (Å²) in [4.78, 5) is 16.3. The summed E-state index contributed by atoms with van der Waals surface area (Å²) in [5, 5.41) is 18.9. The molecular formula is C14H15N9O2. The number of hydrazone groups is 1. The standard InChI is InChI=1S/C14H15N9O2/c1-2-3-10-11(18-22-23(10)13-12(15)20-25-21-13)14(24)19-17-8-9-4-6-16-7-5-9/h4-8H,2-3H2,1H3,(H2,15,20)(H,19,24)/b17-8-. The van der Waals surface area contributed by atoms with Gasteiger partial charge in [0.1, 0.15) is 0 Å². The van der Waals surface area contributed by atoms with Gasteiger partial charge in [0.05, 0.1) is 11.9 Å². The van der Waals surface area contributed by atoms with E-state index in [4.69, 9.17) is 5.73 Å². The monoisotopic (exact) mass is 341 g/mol. The van der Waals surface area contributed by atoms with Gasteiger partial charge in [0.2, 0.25) is 11.6 Å². The van der Waals surface area contributed by atoms with Crippen molar-refractivity contribution in [3.05, 3.63) is 41.5 Å².